The topological polar surface area (TPSA) is 52.6 Å². The van der Waals surface area contributed by atoms with Crippen LogP contribution in [0.4, 0.5) is 4.79 Å². The minimum absolute atomic E-state index is 0.0567. The van der Waals surface area contributed by atoms with Crippen molar-refractivity contribution in [1.29, 1.82) is 0 Å². The van der Waals surface area contributed by atoms with Crippen LogP contribution in [-0.2, 0) is 6.42 Å². The lowest BCUT2D eigenvalue weighted by atomic mass is 9.96. The standard InChI is InChI=1S/C19H30N2O2/c1-21(17-9-5-3-2-4-6-10-17)19(23)20-15-7-8-16-11-13-18(22)14-12-16/h11-14,17,22H,2-10,15H2,1H3,(H,20,23). The fourth-order valence-corrected chi connectivity index (χ4v) is 3.26. The number of carbonyl (C=O) groups excluding carboxylic acids is 1. The molecule has 2 amide bonds. The molecule has 0 unspecified atom stereocenters. The van der Waals surface area contributed by atoms with Crippen LogP contribution in [0.25, 0.3) is 0 Å². The minimum atomic E-state index is 0.0567. The van der Waals surface area contributed by atoms with Gasteiger partial charge in [-0.2, -0.15) is 0 Å². The summed E-state index contributed by atoms with van der Waals surface area (Å²) in [6.45, 7) is 0.691. The van der Waals surface area contributed by atoms with E-state index in [0.717, 1.165) is 25.7 Å². The summed E-state index contributed by atoms with van der Waals surface area (Å²) < 4.78 is 0. The normalized spacial score (nSPS) is 16.4. The van der Waals surface area contributed by atoms with Gasteiger partial charge in [0.15, 0.2) is 0 Å². The van der Waals surface area contributed by atoms with Crippen LogP contribution in [0, 0.1) is 0 Å². The van der Waals surface area contributed by atoms with Crippen LogP contribution in [0.1, 0.15) is 56.9 Å². The first-order valence-electron chi connectivity index (χ1n) is 8.95. The molecule has 0 spiro atoms. The zero-order valence-corrected chi connectivity index (χ0v) is 14.3. The van der Waals surface area contributed by atoms with Crippen molar-refractivity contribution in [2.75, 3.05) is 13.6 Å². The van der Waals surface area contributed by atoms with Crippen molar-refractivity contribution in [3.8, 4) is 5.75 Å². The monoisotopic (exact) mass is 318 g/mol. The van der Waals surface area contributed by atoms with Gasteiger partial charge in [-0.1, -0.05) is 44.2 Å². The Labute approximate surface area is 139 Å². The predicted octanol–water partition coefficient (Wildman–Crippen LogP) is 4.08. The molecule has 4 nitrogen and oxygen atoms in total. The van der Waals surface area contributed by atoms with Crippen LogP contribution in [0.3, 0.4) is 0 Å². The van der Waals surface area contributed by atoms with Gasteiger partial charge in [0.1, 0.15) is 5.75 Å². The number of aromatic hydroxyl groups is 1. The number of benzene rings is 1. The number of nitrogens with one attached hydrogen (secondary N) is 1. The van der Waals surface area contributed by atoms with Crippen LogP contribution in [0.2, 0.25) is 0 Å². The summed E-state index contributed by atoms with van der Waals surface area (Å²) in [4.78, 5) is 14.2. The molecule has 23 heavy (non-hydrogen) atoms. The Balaban J connectivity index is 1.67. The van der Waals surface area contributed by atoms with Crippen molar-refractivity contribution in [1.82, 2.24) is 10.2 Å². The summed E-state index contributed by atoms with van der Waals surface area (Å²) in [5.74, 6) is 0.294. The van der Waals surface area contributed by atoms with Crippen molar-refractivity contribution in [2.24, 2.45) is 0 Å². The molecule has 1 fully saturated rings. The number of carbonyl (C=O) groups is 1. The van der Waals surface area contributed by atoms with Gasteiger partial charge < -0.3 is 15.3 Å². The number of rotatable bonds is 5. The van der Waals surface area contributed by atoms with E-state index in [-0.39, 0.29) is 6.03 Å². The quantitative estimate of drug-likeness (QED) is 0.804. The van der Waals surface area contributed by atoms with Crippen molar-refractivity contribution in [3.05, 3.63) is 29.8 Å². The van der Waals surface area contributed by atoms with Crippen LogP contribution in [0.5, 0.6) is 5.75 Å². The summed E-state index contributed by atoms with van der Waals surface area (Å²) in [5, 5.41) is 12.3. The molecule has 4 heteroatoms. The Morgan fingerprint density at radius 2 is 1.74 bits per heavy atom. The van der Waals surface area contributed by atoms with Gasteiger partial charge in [-0.3, -0.25) is 0 Å². The Kier molecular flexibility index (Phi) is 7.24. The largest absolute Gasteiger partial charge is 0.508 e. The summed E-state index contributed by atoms with van der Waals surface area (Å²) in [5.41, 5.74) is 1.19. The van der Waals surface area contributed by atoms with Gasteiger partial charge in [-0.15, -0.1) is 0 Å². The maximum atomic E-state index is 12.3. The maximum absolute atomic E-state index is 12.3. The van der Waals surface area contributed by atoms with Gasteiger partial charge in [0, 0.05) is 19.6 Å². The van der Waals surface area contributed by atoms with Crippen LogP contribution in [0.15, 0.2) is 24.3 Å². The SMILES string of the molecule is CN(C(=O)NCCCc1ccc(O)cc1)C1CCCCCCC1. The summed E-state index contributed by atoms with van der Waals surface area (Å²) in [6.07, 6.45) is 10.5. The lowest BCUT2D eigenvalue weighted by Crippen LogP contribution is -2.44. The Bertz CT molecular complexity index is 465. The minimum Gasteiger partial charge on any atom is -0.508 e. The Hall–Kier alpha value is -1.71. The molecule has 128 valence electrons. The molecular formula is C19H30N2O2. The average molecular weight is 318 g/mol. The van der Waals surface area contributed by atoms with E-state index in [2.05, 4.69) is 5.32 Å². The molecule has 0 radical (unpaired) electrons. The molecule has 1 aliphatic carbocycles. The molecule has 0 aromatic heterocycles. The molecule has 0 saturated heterocycles. The first-order valence-corrected chi connectivity index (χ1v) is 8.95. The zero-order chi connectivity index (χ0) is 16.5. The van der Waals surface area contributed by atoms with Gasteiger partial charge >= 0.3 is 6.03 Å². The zero-order valence-electron chi connectivity index (χ0n) is 14.3. The van der Waals surface area contributed by atoms with E-state index in [1.807, 2.05) is 24.1 Å². The number of hydrogen-bond donors (Lipinski definition) is 2. The van der Waals surface area contributed by atoms with Crippen molar-refractivity contribution < 1.29 is 9.90 Å². The third-order valence-corrected chi connectivity index (χ3v) is 4.80. The van der Waals surface area contributed by atoms with Crippen molar-refractivity contribution in [2.45, 2.75) is 63.8 Å². The molecular weight excluding hydrogens is 288 g/mol. The van der Waals surface area contributed by atoms with E-state index in [4.69, 9.17) is 0 Å². The molecule has 0 heterocycles. The predicted molar refractivity (Wildman–Crippen MR) is 93.7 cm³/mol. The summed E-state index contributed by atoms with van der Waals surface area (Å²) >= 11 is 0. The van der Waals surface area contributed by atoms with Crippen molar-refractivity contribution in [3.63, 3.8) is 0 Å². The Morgan fingerprint density at radius 1 is 1.13 bits per heavy atom. The smallest absolute Gasteiger partial charge is 0.317 e. The summed E-state index contributed by atoms with van der Waals surface area (Å²) in [6, 6.07) is 7.72. The first kappa shape index (κ1) is 17.6. The second kappa shape index (κ2) is 9.43. The highest BCUT2D eigenvalue weighted by Crippen LogP contribution is 2.20. The van der Waals surface area contributed by atoms with Crippen LogP contribution in [-0.4, -0.2) is 35.7 Å². The molecule has 0 aliphatic heterocycles. The highest BCUT2D eigenvalue weighted by Gasteiger charge is 2.20. The molecule has 1 aliphatic rings. The van der Waals surface area contributed by atoms with E-state index in [0.29, 0.717) is 18.3 Å². The Morgan fingerprint density at radius 3 is 2.39 bits per heavy atom. The number of phenols is 1. The maximum Gasteiger partial charge on any atom is 0.317 e. The summed E-state index contributed by atoms with van der Waals surface area (Å²) in [7, 11) is 1.93. The van der Waals surface area contributed by atoms with Crippen LogP contribution < -0.4 is 5.32 Å². The number of amides is 2. The lowest BCUT2D eigenvalue weighted by Gasteiger charge is -2.29. The molecule has 2 N–H and O–H groups in total. The van der Waals surface area contributed by atoms with E-state index in [1.165, 1.54) is 37.7 Å². The highest BCUT2D eigenvalue weighted by atomic mass is 16.3. The fraction of sp³-hybridized carbons (Fsp3) is 0.632. The molecule has 1 aromatic carbocycles. The van der Waals surface area contributed by atoms with Gasteiger partial charge in [0.25, 0.3) is 0 Å². The lowest BCUT2D eigenvalue weighted by molar-refractivity contribution is 0.178. The second-order valence-electron chi connectivity index (χ2n) is 6.61. The number of aryl methyl sites for hydroxylation is 1. The highest BCUT2D eigenvalue weighted by molar-refractivity contribution is 5.74. The van der Waals surface area contributed by atoms with Gasteiger partial charge in [0.2, 0.25) is 0 Å². The number of urea groups is 1. The fourth-order valence-electron chi connectivity index (χ4n) is 3.26. The number of phenolic OH excluding ortho intramolecular Hbond substituents is 1. The molecule has 2 rings (SSSR count). The van der Waals surface area contributed by atoms with Gasteiger partial charge in [-0.05, 0) is 43.4 Å². The molecule has 0 atom stereocenters. The third kappa shape index (κ3) is 6.12. The molecule has 0 bridgehead atoms. The molecule has 1 saturated carbocycles. The van der Waals surface area contributed by atoms with E-state index < -0.39 is 0 Å². The van der Waals surface area contributed by atoms with Crippen LogP contribution >= 0.6 is 0 Å². The number of nitrogens with zero attached hydrogens (tertiary/aromatic N) is 1. The van der Waals surface area contributed by atoms with E-state index in [1.54, 1.807) is 12.1 Å². The second-order valence-corrected chi connectivity index (χ2v) is 6.61. The number of hydrogen-bond acceptors (Lipinski definition) is 2. The first-order chi connectivity index (χ1) is 11.2. The third-order valence-electron chi connectivity index (χ3n) is 4.80. The van der Waals surface area contributed by atoms with E-state index >= 15 is 0 Å². The van der Waals surface area contributed by atoms with E-state index in [9.17, 15) is 9.90 Å². The van der Waals surface area contributed by atoms with Gasteiger partial charge in [-0.25, -0.2) is 4.79 Å². The van der Waals surface area contributed by atoms with Gasteiger partial charge in [0.05, 0.1) is 0 Å². The van der Waals surface area contributed by atoms with Crippen molar-refractivity contribution >= 4 is 6.03 Å². The molecule has 1 aromatic rings. The average Bonchev–Trinajstić information content (AvgIpc) is 2.52.